The minimum atomic E-state index is -0.531. The largest absolute Gasteiger partial charge is 0.325 e. The molecule has 10 heteroatoms. The fourth-order valence-corrected chi connectivity index (χ4v) is 5.06. The number of thioether (sulfide) groups is 1. The third kappa shape index (κ3) is 4.24. The normalized spacial score (nSPS) is 12.3. The highest BCUT2D eigenvalue weighted by atomic mass is 32.2. The molecule has 0 fully saturated rings. The van der Waals surface area contributed by atoms with Crippen molar-refractivity contribution in [3.63, 3.8) is 0 Å². The molecule has 2 aromatic heterocycles. The van der Waals surface area contributed by atoms with Crippen LogP contribution in [0.3, 0.4) is 0 Å². The van der Waals surface area contributed by atoms with Crippen LogP contribution in [0.2, 0.25) is 0 Å². The van der Waals surface area contributed by atoms with Gasteiger partial charge >= 0.3 is 0 Å². The van der Waals surface area contributed by atoms with E-state index in [9.17, 15) is 19.7 Å². The molecule has 0 aliphatic rings. The Hall–Kier alpha value is -2.72. The number of fused-ring (bicyclic) bond motifs is 1. The molecule has 1 atom stereocenters. The summed E-state index contributed by atoms with van der Waals surface area (Å²) in [4.78, 5) is 42.4. The van der Waals surface area contributed by atoms with Crippen molar-refractivity contribution in [1.82, 2.24) is 9.55 Å². The zero-order valence-electron chi connectivity index (χ0n) is 17.3. The van der Waals surface area contributed by atoms with Crippen LogP contribution in [0, 0.1) is 24.0 Å². The summed E-state index contributed by atoms with van der Waals surface area (Å²) in [6.07, 6.45) is 0. The lowest BCUT2D eigenvalue weighted by Gasteiger charge is -2.18. The van der Waals surface area contributed by atoms with E-state index in [-0.39, 0.29) is 23.2 Å². The summed E-state index contributed by atoms with van der Waals surface area (Å²) in [5.41, 5.74) is 1.27. The monoisotopic (exact) mass is 446 g/mol. The lowest BCUT2D eigenvalue weighted by Crippen LogP contribution is -2.28. The molecule has 1 amide bonds. The molecule has 1 N–H and O–H groups in total. The van der Waals surface area contributed by atoms with E-state index in [0.717, 1.165) is 10.4 Å². The molecule has 30 heavy (non-hydrogen) atoms. The van der Waals surface area contributed by atoms with E-state index in [0.29, 0.717) is 21.1 Å². The standard InChI is InChI=1S/C20H22N4O4S2/c1-10(2)23-19(26)16-11(3)12(4)29-18(16)22-20(23)30-13(5)17(25)21-14-6-8-15(9-7-14)24(27)28/h6-10,13H,1-5H3,(H,21,25). The molecule has 0 saturated heterocycles. The van der Waals surface area contributed by atoms with Crippen LogP contribution in [0.4, 0.5) is 11.4 Å². The maximum absolute atomic E-state index is 13.1. The van der Waals surface area contributed by atoms with E-state index in [1.54, 1.807) is 11.5 Å². The first-order valence-electron chi connectivity index (χ1n) is 9.34. The molecular weight excluding hydrogens is 424 g/mol. The first-order valence-corrected chi connectivity index (χ1v) is 11.0. The lowest BCUT2D eigenvalue weighted by atomic mass is 10.2. The number of carbonyl (C=O) groups is 1. The first kappa shape index (κ1) is 22.0. The number of hydrogen-bond donors (Lipinski definition) is 1. The molecule has 8 nitrogen and oxygen atoms in total. The number of nitrogens with zero attached hydrogens (tertiary/aromatic N) is 3. The molecule has 0 aliphatic heterocycles. The topological polar surface area (TPSA) is 107 Å². The number of thiophene rings is 1. The Balaban J connectivity index is 1.87. The van der Waals surface area contributed by atoms with Gasteiger partial charge in [0, 0.05) is 28.7 Å². The molecule has 1 unspecified atom stereocenters. The van der Waals surface area contributed by atoms with Crippen molar-refractivity contribution in [3.8, 4) is 0 Å². The van der Waals surface area contributed by atoms with Crippen LogP contribution in [-0.4, -0.2) is 25.6 Å². The summed E-state index contributed by atoms with van der Waals surface area (Å²) in [7, 11) is 0. The molecule has 0 radical (unpaired) electrons. The second kappa shape index (κ2) is 8.57. The Morgan fingerprint density at radius 2 is 1.87 bits per heavy atom. The Morgan fingerprint density at radius 1 is 1.23 bits per heavy atom. The van der Waals surface area contributed by atoms with Gasteiger partial charge < -0.3 is 5.32 Å². The van der Waals surface area contributed by atoms with Gasteiger partial charge in [-0.15, -0.1) is 11.3 Å². The minimum absolute atomic E-state index is 0.0459. The first-order chi connectivity index (χ1) is 14.1. The third-order valence-electron chi connectivity index (χ3n) is 4.72. The highest BCUT2D eigenvalue weighted by Gasteiger charge is 2.23. The fourth-order valence-electron chi connectivity index (χ4n) is 2.95. The number of aryl methyl sites for hydroxylation is 2. The van der Waals surface area contributed by atoms with Gasteiger partial charge in [-0.3, -0.25) is 24.3 Å². The van der Waals surface area contributed by atoms with E-state index in [2.05, 4.69) is 10.3 Å². The molecular formula is C20H22N4O4S2. The van der Waals surface area contributed by atoms with Crippen LogP contribution in [0.25, 0.3) is 10.2 Å². The van der Waals surface area contributed by atoms with Crippen molar-refractivity contribution in [2.75, 3.05) is 5.32 Å². The van der Waals surface area contributed by atoms with Crippen LogP contribution < -0.4 is 10.9 Å². The van der Waals surface area contributed by atoms with Gasteiger partial charge in [0.05, 0.1) is 15.6 Å². The maximum Gasteiger partial charge on any atom is 0.269 e. The Bertz CT molecular complexity index is 1180. The molecule has 1 aromatic carbocycles. The van der Waals surface area contributed by atoms with Crippen molar-refractivity contribution < 1.29 is 9.72 Å². The number of rotatable bonds is 6. The average Bonchev–Trinajstić information content (AvgIpc) is 2.95. The van der Waals surface area contributed by atoms with E-state index in [4.69, 9.17) is 0 Å². The zero-order chi connectivity index (χ0) is 22.2. The summed E-state index contributed by atoms with van der Waals surface area (Å²) >= 11 is 2.69. The van der Waals surface area contributed by atoms with Crippen LogP contribution in [0.5, 0.6) is 0 Å². The van der Waals surface area contributed by atoms with Gasteiger partial charge in [0.25, 0.3) is 11.2 Å². The summed E-state index contributed by atoms with van der Waals surface area (Å²) in [6.45, 7) is 9.45. The second-order valence-electron chi connectivity index (χ2n) is 7.18. The number of nitro groups is 1. The van der Waals surface area contributed by atoms with Crippen LogP contribution in [0.1, 0.15) is 37.3 Å². The minimum Gasteiger partial charge on any atom is -0.325 e. The number of hydrogen-bond acceptors (Lipinski definition) is 7. The Kier molecular flexibility index (Phi) is 6.27. The molecule has 0 saturated carbocycles. The van der Waals surface area contributed by atoms with Gasteiger partial charge in [-0.2, -0.15) is 0 Å². The number of non-ortho nitro benzene ring substituents is 1. The Labute approximate surface area is 181 Å². The molecule has 3 aromatic rings. The number of anilines is 1. The summed E-state index contributed by atoms with van der Waals surface area (Å²) in [5, 5.41) is 14.1. The van der Waals surface area contributed by atoms with Crippen molar-refractivity contribution in [2.24, 2.45) is 0 Å². The summed E-state index contributed by atoms with van der Waals surface area (Å²) < 4.78 is 1.63. The van der Waals surface area contributed by atoms with Crippen LogP contribution in [0.15, 0.2) is 34.2 Å². The lowest BCUT2D eigenvalue weighted by molar-refractivity contribution is -0.384. The van der Waals surface area contributed by atoms with Crippen molar-refractivity contribution in [3.05, 3.63) is 55.2 Å². The quantitative estimate of drug-likeness (QED) is 0.255. The van der Waals surface area contributed by atoms with E-state index >= 15 is 0 Å². The van der Waals surface area contributed by atoms with Crippen molar-refractivity contribution in [1.29, 1.82) is 0 Å². The highest BCUT2D eigenvalue weighted by Crippen LogP contribution is 2.31. The van der Waals surface area contributed by atoms with Gasteiger partial charge in [-0.25, -0.2) is 4.98 Å². The van der Waals surface area contributed by atoms with E-state index < -0.39 is 10.2 Å². The predicted molar refractivity (Wildman–Crippen MR) is 121 cm³/mol. The zero-order valence-corrected chi connectivity index (χ0v) is 18.9. The smallest absolute Gasteiger partial charge is 0.269 e. The number of benzene rings is 1. The van der Waals surface area contributed by atoms with Gasteiger partial charge in [0.1, 0.15) is 4.83 Å². The van der Waals surface area contributed by atoms with Gasteiger partial charge in [0.2, 0.25) is 5.91 Å². The number of nitrogens with one attached hydrogen (secondary N) is 1. The van der Waals surface area contributed by atoms with Gasteiger partial charge in [-0.1, -0.05) is 11.8 Å². The fraction of sp³-hybridized carbons (Fsp3) is 0.350. The molecule has 0 aliphatic carbocycles. The molecule has 2 heterocycles. The molecule has 3 rings (SSSR count). The van der Waals surface area contributed by atoms with Crippen LogP contribution >= 0.6 is 23.1 Å². The summed E-state index contributed by atoms with van der Waals surface area (Å²) in [5.74, 6) is -0.281. The van der Waals surface area contributed by atoms with Gasteiger partial charge in [-0.05, 0) is 52.3 Å². The average molecular weight is 447 g/mol. The highest BCUT2D eigenvalue weighted by molar-refractivity contribution is 8.00. The van der Waals surface area contributed by atoms with E-state index in [1.807, 2.05) is 27.7 Å². The molecule has 0 bridgehead atoms. The molecule has 158 valence electrons. The van der Waals surface area contributed by atoms with Crippen molar-refractivity contribution in [2.45, 2.75) is 51.1 Å². The van der Waals surface area contributed by atoms with Gasteiger partial charge in [0.15, 0.2) is 5.16 Å². The second-order valence-corrected chi connectivity index (χ2v) is 9.69. The number of nitro benzene ring substituents is 1. The number of aromatic nitrogens is 2. The number of amides is 1. The SMILES string of the molecule is Cc1sc2nc(SC(C)C(=O)Nc3ccc([N+](=O)[O-])cc3)n(C(C)C)c(=O)c2c1C. The summed E-state index contributed by atoms with van der Waals surface area (Å²) in [6, 6.07) is 5.53. The Morgan fingerprint density at radius 3 is 2.43 bits per heavy atom. The van der Waals surface area contributed by atoms with E-state index in [1.165, 1.54) is 47.4 Å². The third-order valence-corrected chi connectivity index (χ3v) is 6.88. The molecule has 0 spiro atoms. The predicted octanol–water partition coefficient (Wildman–Crippen LogP) is 4.68. The maximum atomic E-state index is 13.1. The van der Waals surface area contributed by atoms with Crippen LogP contribution in [-0.2, 0) is 4.79 Å². The number of carbonyl (C=O) groups excluding carboxylic acids is 1. The van der Waals surface area contributed by atoms with Crippen molar-refractivity contribution >= 4 is 50.6 Å².